The van der Waals surface area contributed by atoms with Crippen LogP contribution in [0.15, 0.2) is 66.9 Å². The van der Waals surface area contributed by atoms with Crippen LogP contribution < -0.4 is 19.7 Å². The van der Waals surface area contributed by atoms with Gasteiger partial charge in [-0.2, -0.15) is 0 Å². The van der Waals surface area contributed by atoms with E-state index in [9.17, 15) is 4.79 Å². The van der Waals surface area contributed by atoms with Crippen molar-refractivity contribution >= 4 is 17.4 Å². The summed E-state index contributed by atoms with van der Waals surface area (Å²) in [4.78, 5) is 19.2. The van der Waals surface area contributed by atoms with Gasteiger partial charge in [0.05, 0.1) is 26.1 Å². The number of carbonyl (C=O) groups excluding carboxylic acids is 1. The van der Waals surface area contributed by atoms with Crippen LogP contribution in [0.25, 0.3) is 0 Å². The standard InChI is InChI=1S/C23H25N3O3/c1-4-26(16-17-8-6-5-7-9-17)19-11-13-22(24-15-19)25-23(27)18-10-12-20(28-2)21(14-18)29-3/h5-15H,4,16H2,1-3H3,(H,24,25,27). The van der Waals surface area contributed by atoms with Crippen LogP contribution in [0.2, 0.25) is 0 Å². The molecule has 0 aliphatic rings. The van der Waals surface area contributed by atoms with Crippen LogP contribution in [-0.4, -0.2) is 31.7 Å². The van der Waals surface area contributed by atoms with Crippen LogP contribution in [0.3, 0.4) is 0 Å². The first-order valence-electron chi connectivity index (χ1n) is 9.43. The van der Waals surface area contributed by atoms with E-state index in [1.807, 2.05) is 30.3 Å². The Morgan fingerprint density at radius 3 is 2.38 bits per heavy atom. The molecule has 0 atom stereocenters. The number of nitrogens with zero attached hydrogens (tertiary/aromatic N) is 2. The van der Waals surface area contributed by atoms with Crippen LogP contribution in [-0.2, 0) is 6.54 Å². The van der Waals surface area contributed by atoms with Crippen molar-refractivity contribution in [3.63, 3.8) is 0 Å². The average molecular weight is 391 g/mol. The van der Waals surface area contributed by atoms with E-state index in [-0.39, 0.29) is 5.91 Å². The van der Waals surface area contributed by atoms with Crippen molar-refractivity contribution in [1.82, 2.24) is 4.98 Å². The molecule has 3 aromatic rings. The van der Waals surface area contributed by atoms with Crippen molar-refractivity contribution in [3.05, 3.63) is 78.0 Å². The Bertz CT molecular complexity index is 943. The number of ether oxygens (including phenoxy) is 2. The molecule has 0 aliphatic carbocycles. The summed E-state index contributed by atoms with van der Waals surface area (Å²) < 4.78 is 10.5. The molecule has 1 heterocycles. The largest absolute Gasteiger partial charge is 0.493 e. The Kier molecular flexibility index (Phi) is 6.68. The second-order valence-corrected chi connectivity index (χ2v) is 6.43. The fourth-order valence-electron chi connectivity index (χ4n) is 3.00. The van der Waals surface area contributed by atoms with Crippen LogP contribution in [0, 0.1) is 0 Å². The van der Waals surface area contributed by atoms with Crippen molar-refractivity contribution in [2.24, 2.45) is 0 Å². The molecule has 0 fully saturated rings. The van der Waals surface area contributed by atoms with Crippen LogP contribution in [0.5, 0.6) is 11.5 Å². The van der Waals surface area contributed by atoms with E-state index in [0.717, 1.165) is 18.8 Å². The molecule has 0 radical (unpaired) electrons. The number of hydrogen-bond acceptors (Lipinski definition) is 5. The molecule has 3 rings (SSSR count). The summed E-state index contributed by atoms with van der Waals surface area (Å²) in [6, 6.07) is 19.1. The highest BCUT2D eigenvalue weighted by Gasteiger charge is 2.12. The molecule has 6 nitrogen and oxygen atoms in total. The lowest BCUT2D eigenvalue weighted by Crippen LogP contribution is -2.22. The quantitative estimate of drug-likeness (QED) is 0.617. The number of carbonyl (C=O) groups is 1. The van der Waals surface area contributed by atoms with Crippen molar-refractivity contribution in [2.75, 3.05) is 31.0 Å². The van der Waals surface area contributed by atoms with Gasteiger partial charge in [-0.1, -0.05) is 30.3 Å². The number of rotatable bonds is 8. The molecule has 1 N–H and O–H groups in total. The Morgan fingerprint density at radius 1 is 1.00 bits per heavy atom. The van der Waals surface area contributed by atoms with E-state index >= 15 is 0 Å². The van der Waals surface area contributed by atoms with Crippen LogP contribution in [0.1, 0.15) is 22.8 Å². The van der Waals surface area contributed by atoms with Gasteiger partial charge in [0.2, 0.25) is 0 Å². The van der Waals surface area contributed by atoms with Crippen molar-refractivity contribution in [1.29, 1.82) is 0 Å². The molecule has 6 heteroatoms. The maximum Gasteiger partial charge on any atom is 0.256 e. The molecule has 29 heavy (non-hydrogen) atoms. The Balaban J connectivity index is 1.69. The first-order valence-corrected chi connectivity index (χ1v) is 9.43. The summed E-state index contributed by atoms with van der Waals surface area (Å²) in [5.41, 5.74) is 2.70. The van der Waals surface area contributed by atoms with E-state index in [4.69, 9.17) is 9.47 Å². The van der Waals surface area contributed by atoms with Crippen molar-refractivity contribution in [3.8, 4) is 11.5 Å². The van der Waals surface area contributed by atoms with Gasteiger partial charge in [-0.15, -0.1) is 0 Å². The van der Waals surface area contributed by atoms with Gasteiger partial charge in [-0.25, -0.2) is 4.98 Å². The molecule has 0 bridgehead atoms. The maximum absolute atomic E-state index is 12.5. The monoisotopic (exact) mass is 391 g/mol. The number of benzene rings is 2. The number of hydrogen-bond donors (Lipinski definition) is 1. The summed E-state index contributed by atoms with van der Waals surface area (Å²) >= 11 is 0. The number of aromatic nitrogens is 1. The number of pyridine rings is 1. The second-order valence-electron chi connectivity index (χ2n) is 6.43. The fraction of sp³-hybridized carbons (Fsp3) is 0.217. The van der Waals surface area contributed by atoms with Crippen LogP contribution in [0.4, 0.5) is 11.5 Å². The van der Waals surface area contributed by atoms with Gasteiger partial charge >= 0.3 is 0 Å². The van der Waals surface area contributed by atoms with E-state index in [0.29, 0.717) is 22.9 Å². The molecular formula is C23H25N3O3. The van der Waals surface area contributed by atoms with Gasteiger partial charge < -0.3 is 19.7 Å². The summed E-state index contributed by atoms with van der Waals surface area (Å²) in [5.74, 6) is 1.31. The molecule has 0 saturated heterocycles. The topological polar surface area (TPSA) is 63.7 Å². The minimum Gasteiger partial charge on any atom is -0.493 e. The zero-order valence-electron chi connectivity index (χ0n) is 16.9. The smallest absolute Gasteiger partial charge is 0.256 e. The lowest BCUT2D eigenvalue weighted by Gasteiger charge is -2.23. The highest BCUT2D eigenvalue weighted by Crippen LogP contribution is 2.28. The van der Waals surface area contributed by atoms with Gasteiger partial charge in [0.15, 0.2) is 11.5 Å². The average Bonchev–Trinajstić information content (AvgIpc) is 2.78. The molecule has 0 saturated carbocycles. The molecule has 0 spiro atoms. The highest BCUT2D eigenvalue weighted by molar-refractivity contribution is 6.04. The minimum absolute atomic E-state index is 0.261. The fourth-order valence-corrected chi connectivity index (χ4v) is 3.00. The minimum atomic E-state index is -0.261. The molecule has 0 unspecified atom stereocenters. The van der Waals surface area contributed by atoms with Crippen molar-refractivity contribution < 1.29 is 14.3 Å². The summed E-state index contributed by atoms with van der Waals surface area (Å²) in [6.07, 6.45) is 1.77. The van der Waals surface area contributed by atoms with E-state index in [1.165, 1.54) is 12.7 Å². The van der Waals surface area contributed by atoms with Crippen LogP contribution >= 0.6 is 0 Å². The SMILES string of the molecule is CCN(Cc1ccccc1)c1ccc(NC(=O)c2ccc(OC)c(OC)c2)nc1. The third-order valence-electron chi connectivity index (χ3n) is 4.60. The number of nitrogens with one attached hydrogen (secondary N) is 1. The third-order valence-corrected chi connectivity index (χ3v) is 4.60. The first kappa shape index (κ1) is 20.2. The number of methoxy groups -OCH3 is 2. The van der Waals surface area contributed by atoms with E-state index < -0.39 is 0 Å². The summed E-state index contributed by atoms with van der Waals surface area (Å²) in [5, 5.41) is 2.82. The zero-order chi connectivity index (χ0) is 20.6. The Hall–Kier alpha value is -3.54. The van der Waals surface area contributed by atoms with E-state index in [1.54, 1.807) is 31.5 Å². The zero-order valence-corrected chi connectivity index (χ0v) is 16.9. The van der Waals surface area contributed by atoms with E-state index in [2.05, 4.69) is 34.3 Å². The maximum atomic E-state index is 12.5. The summed E-state index contributed by atoms with van der Waals surface area (Å²) in [7, 11) is 3.09. The Labute approximate surface area is 171 Å². The lowest BCUT2D eigenvalue weighted by atomic mass is 10.2. The Morgan fingerprint density at radius 2 is 1.76 bits per heavy atom. The third kappa shape index (κ3) is 5.04. The predicted molar refractivity (Wildman–Crippen MR) is 115 cm³/mol. The number of amides is 1. The van der Waals surface area contributed by atoms with Gasteiger partial charge in [-0.05, 0) is 42.8 Å². The van der Waals surface area contributed by atoms with Gasteiger partial charge in [0.25, 0.3) is 5.91 Å². The van der Waals surface area contributed by atoms with Gasteiger partial charge in [-0.3, -0.25) is 4.79 Å². The molecular weight excluding hydrogens is 366 g/mol. The molecule has 1 amide bonds. The molecule has 1 aromatic heterocycles. The van der Waals surface area contributed by atoms with Gasteiger partial charge in [0.1, 0.15) is 5.82 Å². The summed E-state index contributed by atoms with van der Waals surface area (Å²) in [6.45, 7) is 3.76. The molecule has 2 aromatic carbocycles. The molecule has 0 aliphatic heterocycles. The number of anilines is 2. The second kappa shape index (κ2) is 9.59. The molecule has 150 valence electrons. The lowest BCUT2D eigenvalue weighted by molar-refractivity contribution is 0.102. The first-order chi connectivity index (χ1) is 14.1. The van der Waals surface area contributed by atoms with Crippen molar-refractivity contribution in [2.45, 2.75) is 13.5 Å². The van der Waals surface area contributed by atoms with Gasteiger partial charge in [0, 0.05) is 18.7 Å². The normalized spacial score (nSPS) is 10.3. The highest BCUT2D eigenvalue weighted by atomic mass is 16.5. The predicted octanol–water partition coefficient (Wildman–Crippen LogP) is 4.38.